The van der Waals surface area contributed by atoms with Gasteiger partial charge in [0.2, 0.25) is 5.91 Å². The number of hydrogen-bond donors (Lipinski definition) is 2. The van der Waals surface area contributed by atoms with E-state index in [-0.39, 0.29) is 18.4 Å². The number of carbonyl (C=O) groups is 2. The van der Waals surface area contributed by atoms with E-state index in [0.29, 0.717) is 0 Å². The first kappa shape index (κ1) is 15.5. The van der Waals surface area contributed by atoms with Gasteiger partial charge in [0.1, 0.15) is 5.54 Å². The predicted molar refractivity (Wildman–Crippen MR) is 83.0 cm³/mol. The van der Waals surface area contributed by atoms with Crippen molar-refractivity contribution in [2.75, 3.05) is 18.0 Å². The zero-order chi connectivity index (χ0) is 15.5. The van der Waals surface area contributed by atoms with Gasteiger partial charge < -0.3 is 10.2 Å². The lowest BCUT2D eigenvalue weighted by molar-refractivity contribution is -0.135. The molecule has 2 rings (SSSR count). The number of piperazine rings is 1. The molecular weight excluding hydrogens is 266 g/mol. The average Bonchev–Trinajstić information content (AvgIpc) is 2.44. The molecule has 1 aliphatic rings. The van der Waals surface area contributed by atoms with Crippen LogP contribution in [0.25, 0.3) is 0 Å². The smallest absolute Gasteiger partial charge is 0.251 e. The van der Waals surface area contributed by atoms with Crippen LogP contribution in [0.2, 0.25) is 0 Å². The predicted octanol–water partition coefficient (Wildman–Crippen LogP) is 1.43. The lowest BCUT2D eigenvalue weighted by Crippen LogP contribution is -2.64. The van der Waals surface area contributed by atoms with E-state index < -0.39 is 5.54 Å². The van der Waals surface area contributed by atoms with Crippen LogP contribution in [0.5, 0.6) is 0 Å². The Bertz CT molecular complexity index is 540. The largest absolute Gasteiger partial charge is 0.348 e. The van der Waals surface area contributed by atoms with Gasteiger partial charge in [-0.1, -0.05) is 25.1 Å². The zero-order valence-electron chi connectivity index (χ0n) is 12.9. The van der Waals surface area contributed by atoms with Gasteiger partial charge in [0.15, 0.2) is 0 Å². The fraction of sp³-hybridized carbons (Fsp3) is 0.500. The number of nitrogens with one attached hydrogen (secondary N) is 2. The number of imide groups is 1. The average molecular weight is 289 g/mol. The molecule has 5 heteroatoms. The Hall–Kier alpha value is -1.88. The van der Waals surface area contributed by atoms with Crippen molar-refractivity contribution in [2.24, 2.45) is 0 Å². The van der Waals surface area contributed by atoms with Crippen LogP contribution in [0.1, 0.15) is 32.8 Å². The van der Waals surface area contributed by atoms with Crippen LogP contribution in [0, 0.1) is 0 Å². The monoisotopic (exact) mass is 289 g/mol. The van der Waals surface area contributed by atoms with Crippen LogP contribution in [0.15, 0.2) is 24.3 Å². The van der Waals surface area contributed by atoms with E-state index in [2.05, 4.69) is 17.6 Å². The van der Waals surface area contributed by atoms with Crippen molar-refractivity contribution in [1.29, 1.82) is 0 Å². The van der Waals surface area contributed by atoms with E-state index in [9.17, 15) is 9.59 Å². The summed E-state index contributed by atoms with van der Waals surface area (Å²) in [6, 6.07) is 7.92. The first-order valence-corrected chi connectivity index (χ1v) is 7.37. The van der Waals surface area contributed by atoms with Gasteiger partial charge in [0.05, 0.1) is 6.54 Å². The Kier molecular flexibility index (Phi) is 4.63. The number of benzene rings is 1. The van der Waals surface area contributed by atoms with Crippen molar-refractivity contribution < 1.29 is 9.59 Å². The van der Waals surface area contributed by atoms with Crippen LogP contribution >= 0.6 is 0 Å². The molecule has 2 N–H and O–H groups in total. The third kappa shape index (κ3) is 3.24. The first-order chi connectivity index (χ1) is 9.96. The maximum atomic E-state index is 12.1. The fourth-order valence-corrected chi connectivity index (χ4v) is 2.49. The van der Waals surface area contributed by atoms with E-state index in [0.717, 1.165) is 30.8 Å². The van der Waals surface area contributed by atoms with E-state index in [1.54, 1.807) is 0 Å². The highest BCUT2D eigenvalue weighted by molar-refractivity contribution is 6.06. The normalized spacial score (nSPS) is 17.8. The lowest BCUT2D eigenvalue weighted by atomic mass is 9.96. The Balaban J connectivity index is 2.31. The fourth-order valence-electron chi connectivity index (χ4n) is 2.49. The van der Waals surface area contributed by atoms with Gasteiger partial charge in [-0.25, -0.2) is 0 Å². The topological polar surface area (TPSA) is 61.4 Å². The van der Waals surface area contributed by atoms with Gasteiger partial charge >= 0.3 is 0 Å². The molecule has 0 radical (unpaired) electrons. The number of para-hydroxylation sites is 1. The third-order valence-corrected chi connectivity index (χ3v) is 3.81. The van der Waals surface area contributed by atoms with Crippen molar-refractivity contribution in [2.45, 2.75) is 39.3 Å². The number of anilines is 1. The standard InChI is InChI=1S/C16H23N3O2/c1-4-9-17-10-12-7-5-6-8-13(12)19-11-14(20)18-15(21)16(19,2)3/h5-8,17H,4,9-11H2,1-3H3,(H,18,20,21). The van der Waals surface area contributed by atoms with Gasteiger partial charge in [-0.15, -0.1) is 0 Å². The minimum atomic E-state index is -0.741. The van der Waals surface area contributed by atoms with Gasteiger partial charge in [-0.05, 0) is 38.4 Å². The highest BCUT2D eigenvalue weighted by Crippen LogP contribution is 2.29. The molecule has 1 aromatic rings. The van der Waals surface area contributed by atoms with Gasteiger partial charge in [-0.3, -0.25) is 14.9 Å². The van der Waals surface area contributed by atoms with Crippen molar-refractivity contribution in [1.82, 2.24) is 10.6 Å². The van der Waals surface area contributed by atoms with E-state index >= 15 is 0 Å². The molecule has 0 bridgehead atoms. The Morgan fingerprint density at radius 3 is 2.71 bits per heavy atom. The molecule has 21 heavy (non-hydrogen) atoms. The highest BCUT2D eigenvalue weighted by atomic mass is 16.2. The number of rotatable bonds is 5. The summed E-state index contributed by atoms with van der Waals surface area (Å²) in [5.41, 5.74) is 1.30. The second-order valence-electron chi connectivity index (χ2n) is 5.83. The minimum absolute atomic E-state index is 0.198. The van der Waals surface area contributed by atoms with Gasteiger partial charge in [0.25, 0.3) is 5.91 Å². The number of hydrogen-bond acceptors (Lipinski definition) is 4. The Morgan fingerprint density at radius 2 is 2.00 bits per heavy atom. The molecule has 0 unspecified atom stereocenters. The van der Waals surface area contributed by atoms with E-state index in [1.165, 1.54) is 0 Å². The molecule has 0 atom stereocenters. The van der Waals surface area contributed by atoms with Crippen LogP contribution < -0.4 is 15.5 Å². The van der Waals surface area contributed by atoms with E-state index in [1.807, 2.05) is 43.0 Å². The summed E-state index contributed by atoms with van der Waals surface area (Å²) in [4.78, 5) is 25.7. The first-order valence-electron chi connectivity index (χ1n) is 7.37. The number of carbonyl (C=O) groups excluding carboxylic acids is 2. The van der Waals surface area contributed by atoms with Gasteiger partial charge in [0, 0.05) is 12.2 Å². The van der Waals surface area contributed by atoms with Crippen LogP contribution in [-0.2, 0) is 16.1 Å². The van der Waals surface area contributed by atoms with E-state index in [4.69, 9.17) is 0 Å². The van der Waals surface area contributed by atoms with Crippen LogP contribution in [0.3, 0.4) is 0 Å². The summed E-state index contributed by atoms with van der Waals surface area (Å²) in [5, 5.41) is 5.77. The molecule has 2 amide bonds. The summed E-state index contributed by atoms with van der Waals surface area (Å²) in [6.07, 6.45) is 1.07. The quantitative estimate of drug-likeness (QED) is 0.636. The van der Waals surface area contributed by atoms with Crippen molar-refractivity contribution in [3.63, 3.8) is 0 Å². The second-order valence-corrected chi connectivity index (χ2v) is 5.83. The molecule has 0 spiro atoms. The Morgan fingerprint density at radius 1 is 1.29 bits per heavy atom. The summed E-state index contributed by atoms with van der Waals surface area (Å²) >= 11 is 0. The lowest BCUT2D eigenvalue weighted by Gasteiger charge is -2.42. The summed E-state index contributed by atoms with van der Waals surface area (Å²) < 4.78 is 0. The molecular formula is C16H23N3O2. The summed E-state index contributed by atoms with van der Waals surface area (Å²) in [7, 11) is 0. The van der Waals surface area contributed by atoms with Crippen LogP contribution in [-0.4, -0.2) is 30.4 Å². The summed E-state index contributed by atoms with van der Waals surface area (Å²) in [6.45, 7) is 7.67. The van der Waals surface area contributed by atoms with Crippen molar-refractivity contribution in [3.8, 4) is 0 Å². The SMILES string of the molecule is CCCNCc1ccccc1N1CC(=O)NC(=O)C1(C)C. The maximum absolute atomic E-state index is 12.1. The van der Waals surface area contributed by atoms with Crippen molar-refractivity contribution in [3.05, 3.63) is 29.8 Å². The van der Waals surface area contributed by atoms with Crippen molar-refractivity contribution >= 4 is 17.5 Å². The maximum Gasteiger partial charge on any atom is 0.251 e. The van der Waals surface area contributed by atoms with Gasteiger partial charge in [-0.2, -0.15) is 0 Å². The summed E-state index contributed by atoms with van der Waals surface area (Å²) in [5.74, 6) is -0.509. The molecule has 114 valence electrons. The highest BCUT2D eigenvalue weighted by Gasteiger charge is 2.41. The molecule has 0 aliphatic carbocycles. The number of nitrogens with zero attached hydrogens (tertiary/aromatic N) is 1. The minimum Gasteiger partial charge on any atom is -0.348 e. The molecule has 1 heterocycles. The molecule has 1 saturated heterocycles. The molecule has 1 aromatic carbocycles. The molecule has 0 aromatic heterocycles. The second kappa shape index (κ2) is 6.26. The molecule has 1 fully saturated rings. The molecule has 1 aliphatic heterocycles. The zero-order valence-corrected chi connectivity index (χ0v) is 12.9. The number of amides is 2. The molecule has 0 saturated carbocycles. The Labute approximate surface area is 125 Å². The van der Waals surface area contributed by atoms with Crippen LogP contribution in [0.4, 0.5) is 5.69 Å². The third-order valence-electron chi connectivity index (χ3n) is 3.81. The molecule has 5 nitrogen and oxygen atoms in total.